The molecule has 6 heteroatoms. The number of thiazole rings is 1. The molecule has 1 N–H and O–H groups in total. The Morgan fingerprint density at radius 2 is 1.95 bits per heavy atom. The Morgan fingerprint density at radius 3 is 2.57 bits per heavy atom. The van der Waals surface area contributed by atoms with Gasteiger partial charge < -0.3 is 5.32 Å². The summed E-state index contributed by atoms with van der Waals surface area (Å²) in [6.45, 7) is 12.2. The van der Waals surface area contributed by atoms with Crippen LogP contribution in [0.1, 0.15) is 57.0 Å². The van der Waals surface area contributed by atoms with Gasteiger partial charge in [0.15, 0.2) is 5.82 Å². The van der Waals surface area contributed by atoms with Gasteiger partial charge >= 0.3 is 0 Å². The van der Waals surface area contributed by atoms with Crippen molar-refractivity contribution in [1.82, 2.24) is 25.1 Å². The second kappa shape index (κ2) is 6.66. The Hall–Kier alpha value is -1.27. The van der Waals surface area contributed by atoms with E-state index in [0.29, 0.717) is 6.54 Å². The van der Waals surface area contributed by atoms with Gasteiger partial charge in [-0.1, -0.05) is 13.8 Å². The Balaban J connectivity index is 2.03. The molecule has 2 rings (SSSR count). The molecule has 0 aliphatic heterocycles. The molecule has 0 saturated carbocycles. The molecule has 0 spiro atoms. The molecule has 116 valence electrons. The van der Waals surface area contributed by atoms with Crippen LogP contribution in [0.25, 0.3) is 0 Å². The molecule has 0 aliphatic carbocycles. The highest BCUT2D eigenvalue weighted by molar-refractivity contribution is 7.09. The summed E-state index contributed by atoms with van der Waals surface area (Å²) in [4.78, 5) is 9.22. The molecule has 2 heterocycles. The van der Waals surface area contributed by atoms with Crippen molar-refractivity contribution in [2.24, 2.45) is 0 Å². The number of aryl methyl sites for hydroxylation is 2. The third kappa shape index (κ3) is 4.61. The van der Waals surface area contributed by atoms with E-state index in [9.17, 15) is 0 Å². The molecular weight excluding hydrogens is 282 g/mol. The Bertz CT molecular complexity index is 579. The van der Waals surface area contributed by atoms with Crippen LogP contribution in [-0.2, 0) is 25.9 Å². The molecule has 0 aliphatic rings. The standard InChI is InChI=1S/C15H25N5S/c1-6-12-18-13(7-2)20(19-12)9-11-10-21-14(17-11)8-16-15(3,4)5/h10,16H,6-9H2,1-5H3. The lowest BCUT2D eigenvalue weighted by Crippen LogP contribution is -2.35. The smallest absolute Gasteiger partial charge is 0.150 e. The summed E-state index contributed by atoms with van der Waals surface area (Å²) in [6.07, 6.45) is 1.77. The van der Waals surface area contributed by atoms with Gasteiger partial charge in [-0.15, -0.1) is 11.3 Å². The molecule has 0 bridgehead atoms. The summed E-state index contributed by atoms with van der Waals surface area (Å²) in [5.41, 5.74) is 1.18. The highest BCUT2D eigenvalue weighted by Gasteiger charge is 2.12. The second-order valence-electron chi connectivity index (χ2n) is 6.15. The first-order valence-electron chi connectivity index (χ1n) is 7.52. The highest BCUT2D eigenvalue weighted by Crippen LogP contribution is 2.13. The maximum atomic E-state index is 4.69. The topological polar surface area (TPSA) is 55.6 Å². The van der Waals surface area contributed by atoms with E-state index in [-0.39, 0.29) is 5.54 Å². The summed E-state index contributed by atoms with van der Waals surface area (Å²) in [6, 6.07) is 0. The number of hydrogen-bond acceptors (Lipinski definition) is 5. The molecule has 2 aromatic heterocycles. The number of aromatic nitrogens is 4. The van der Waals surface area contributed by atoms with Crippen molar-refractivity contribution in [2.75, 3.05) is 0 Å². The van der Waals surface area contributed by atoms with Crippen molar-refractivity contribution in [2.45, 2.75) is 66.1 Å². The first-order chi connectivity index (χ1) is 9.91. The molecule has 21 heavy (non-hydrogen) atoms. The van der Waals surface area contributed by atoms with Crippen LogP contribution in [0.3, 0.4) is 0 Å². The number of nitrogens with zero attached hydrogens (tertiary/aromatic N) is 4. The van der Waals surface area contributed by atoms with Crippen LogP contribution >= 0.6 is 11.3 Å². The monoisotopic (exact) mass is 307 g/mol. The van der Waals surface area contributed by atoms with Crippen molar-refractivity contribution in [3.63, 3.8) is 0 Å². The van der Waals surface area contributed by atoms with Crippen LogP contribution < -0.4 is 5.32 Å². The zero-order valence-electron chi connectivity index (χ0n) is 13.6. The van der Waals surface area contributed by atoms with Crippen LogP contribution in [0, 0.1) is 0 Å². The Labute approximate surface area is 130 Å². The zero-order valence-corrected chi connectivity index (χ0v) is 14.4. The highest BCUT2D eigenvalue weighted by atomic mass is 32.1. The molecule has 2 aromatic rings. The fourth-order valence-corrected chi connectivity index (χ4v) is 2.69. The summed E-state index contributed by atoms with van der Waals surface area (Å²) in [5.74, 6) is 1.95. The maximum Gasteiger partial charge on any atom is 0.150 e. The summed E-state index contributed by atoms with van der Waals surface area (Å²) >= 11 is 1.70. The van der Waals surface area contributed by atoms with E-state index in [1.165, 1.54) is 0 Å². The first kappa shape index (κ1) is 16.1. The lowest BCUT2D eigenvalue weighted by Gasteiger charge is -2.19. The first-order valence-corrected chi connectivity index (χ1v) is 8.40. The van der Waals surface area contributed by atoms with Gasteiger partial charge in [0.1, 0.15) is 10.8 Å². The zero-order chi connectivity index (χ0) is 15.5. The van der Waals surface area contributed by atoms with Gasteiger partial charge in [-0.2, -0.15) is 5.10 Å². The Morgan fingerprint density at radius 1 is 1.19 bits per heavy atom. The molecule has 0 aromatic carbocycles. The third-order valence-electron chi connectivity index (χ3n) is 3.11. The predicted molar refractivity (Wildman–Crippen MR) is 86.6 cm³/mol. The quantitative estimate of drug-likeness (QED) is 0.891. The molecular formula is C15H25N5S. The van der Waals surface area contributed by atoms with E-state index in [4.69, 9.17) is 0 Å². The van der Waals surface area contributed by atoms with Crippen molar-refractivity contribution in [1.29, 1.82) is 0 Å². The molecule has 0 amide bonds. The van der Waals surface area contributed by atoms with Gasteiger partial charge in [0.05, 0.1) is 12.2 Å². The van der Waals surface area contributed by atoms with Crippen molar-refractivity contribution in [3.8, 4) is 0 Å². The average molecular weight is 307 g/mol. The van der Waals surface area contributed by atoms with Gasteiger partial charge in [0, 0.05) is 30.3 Å². The second-order valence-corrected chi connectivity index (χ2v) is 7.09. The van der Waals surface area contributed by atoms with Gasteiger partial charge in [-0.05, 0) is 20.8 Å². The lowest BCUT2D eigenvalue weighted by molar-refractivity contribution is 0.423. The van der Waals surface area contributed by atoms with Crippen LogP contribution in [0.2, 0.25) is 0 Å². The van der Waals surface area contributed by atoms with Crippen molar-refractivity contribution in [3.05, 3.63) is 27.7 Å². The van der Waals surface area contributed by atoms with Crippen LogP contribution in [0.4, 0.5) is 0 Å². The van der Waals surface area contributed by atoms with E-state index < -0.39 is 0 Å². The molecule has 0 unspecified atom stereocenters. The predicted octanol–water partition coefficient (Wildman–Crippen LogP) is 2.80. The number of hydrogen-bond donors (Lipinski definition) is 1. The molecule has 0 saturated heterocycles. The normalized spacial score (nSPS) is 12.0. The minimum Gasteiger partial charge on any atom is -0.306 e. The summed E-state index contributed by atoms with van der Waals surface area (Å²) < 4.78 is 1.98. The third-order valence-corrected chi connectivity index (χ3v) is 4.00. The molecule has 0 fully saturated rings. The van der Waals surface area contributed by atoms with Gasteiger partial charge in [0.2, 0.25) is 0 Å². The van der Waals surface area contributed by atoms with E-state index in [0.717, 1.165) is 41.7 Å². The number of rotatable bonds is 6. The van der Waals surface area contributed by atoms with Crippen molar-refractivity contribution < 1.29 is 0 Å². The van der Waals surface area contributed by atoms with E-state index in [1.54, 1.807) is 11.3 Å². The van der Waals surface area contributed by atoms with Crippen LogP contribution in [0.15, 0.2) is 5.38 Å². The van der Waals surface area contributed by atoms with Crippen molar-refractivity contribution >= 4 is 11.3 Å². The minimum atomic E-state index is 0.114. The van der Waals surface area contributed by atoms with E-state index in [1.807, 2.05) is 4.68 Å². The van der Waals surface area contributed by atoms with E-state index in [2.05, 4.69) is 60.4 Å². The minimum absolute atomic E-state index is 0.114. The average Bonchev–Trinajstić information content (AvgIpc) is 3.02. The maximum absolute atomic E-state index is 4.69. The fraction of sp³-hybridized carbons (Fsp3) is 0.667. The molecule has 0 atom stereocenters. The van der Waals surface area contributed by atoms with Gasteiger partial charge in [-0.25, -0.2) is 14.6 Å². The Kier molecular flexibility index (Phi) is 5.11. The lowest BCUT2D eigenvalue weighted by atomic mass is 10.1. The largest absolute Gasteiger partial charge is 0.306 e. The van der Waals surface area contributed by atoms with E-state index >= 15 is 0 Å². The van der Waals surface area contributed by atoms with Gasteiger partial charge in [0.25, 0.3) is 0 Å². The van der Waals surface area contributed by atoms with Crippen LogP contribution in [-0.4, -0.2) is 25.3 Å². The summed E-state index contributed by atoms with van der Waals surface area (Å²) in [5, 5.41) is 11.2. The summed E-state index contributed by atoms with van der Waals surface area (Å²) in [7, 11) is 0. The molecule has 5 nitrogen and oxygen atoms in total. The SMILES string of the molecule is CCc1nc(CC)n(Cc2csc(CNC(C)(C)C)n2)n1. The van der Waals surface area contributed by atoms with Crippen LogP contribution in [0.5, 0.6) is 0 Å². The van der Waals surface area contributed by atoms with Gasteiger partial charge in [-0.3, -0.25) is 0 Å². The molecule has 0 radical (unpaired) electrons. The number of nitrogens with one attached hydrogen (secondary N) is 1. The fourth-order valence-electron chi connectivity index (χ4n) is 1.96.